The van der Waals surface area contributed by atoms with E-state index in [1.807, 2.05) is 19.3 Å². The van der Waals surface area contributed by atoms with Gasteiger partial charge in [-0.3, -0.25) is 4.99 Å². The number of aromatic nitrogens is 1. The molecular formula is C21H36N6O. The molecule has 2 fully saturated rings. The van der Waals surface area contributed by atoms with Crippen LogP contribution in [0.3, 0.4) is 0 Å². The fourth-order valence-corrected chi connectivity index (χ4v) is 4.06. The maximum atomic E-state index is 5.18. The van der Waals surface area contributed by atoms with Crippen molar-refractivity contribution in [1.29, 1.82) is 0 Å². The van der Waals surface area contributed by atoms with Gasteiger partial charge in [-0.1, -0.05) is 6.07 Å². The van der Waals surface area contributed by atoms with Crippen molar-refractivity contribution in [2.24, 2.45) is 10.9 Å². The van der Waals surface area contributed by atoms with Crippen molar-refractivity contribution in [1.82, 2.24) is 20.5 Å². The summed E-state index contributed by atoms with van der Waals surface area (Å²) in [6, 6.07) is 6.59. The molecule has 0 bridgehead atoms. The van der Waals surface area contributed by atoms with Crippen molar-refractivity contribution in [3.8, 4) is 0 Å². The summed E-state index contributed by atoms with van der Waals surface area (Å²) in [6.45, 7) is 7.30. The monoisotopic (exact) mass is 388 g/mol. The van der Waals surface area contributed by atoms with Crippen molar-refractivity contribution < 1.29 is 4.74 Å². The largest absolute Gasteiger partial charge is 0.383 e. The lowest BCUT2D eigenvalue weighted by molar-refractivity contribution is 0.121. The predicted molar refractivity (Wildman–Crippen MR) is 115 cm³/mol. The molecule has 2 N–H and O–H groups in total. The van der Waals surface area contributed by atoms with Crippen molar-refractivity contribution in [2.45, 2.75) is 31.7 Å². The first-order chi connectivity index (χ1) is 13.8. The number of pyridine rings is 1. The third-order valence-corrected chi connectivity index (χ3v) is 5.91. The Kier molecular flexibility index (Phi) is 8.36. The molecule has 0 aromatic carbocycles. The third-order valence-electron chi connectivity index (χ3n) is 5.91. The van der Waals surface area contributed by atoms with E-state index in [-0.39, 0.29) is 0 Å². The van der Waals surface area contributed by atoms with E-state index in [9.17, 15) is 0 Å². The van der Waals surface area contributed by atoms with E-state index in [1.54, 1.807) is 7.11 Å². The minimum Gasteiger partial charge on any atom is -0.383 e. The van der Waals surface area contributed by atoms with Crippen molar-refractivity contribution in [3.63, 3.8) is 0 Å². The fourth-order valence-electron chi connectivity index (χ4n) is 4.06. The van der Waals surface area contributed by atoms with Gasteiger partial charge in [0, 0.05) is 52.6 Å². The van der Waals surface area contributed by atoms with Crippen LogP contribution in [0.15, 0.2) is 29.4 Å². The van der Waals surface area contributed by atoms with Gasteiger partial charge in [0.1, 0.15) is 5.82 Å². The average Bonchev–Trinajstić information content (AvgIpc) is 2.77. The predicted octanol–water partition coefficient (Wildman–Crippen LogP) is 1.57. The van der Waals surface area contributed by atoms with E-state index < -0.39 is 0 Å². The topological polar surface area (TPSA) is 65.0 Å². The molecule has 3 rings (SSSR count). The molecule has 0 atom stereocenters. The van der Waals surface area contributed by atoms with Gasteiger partial charge in [0.25, 0.3) is 0 Å². The number of aliphatic imine (C=N–C) groups is 1. The fraction of sp³-hybridized carbons (Fsp3) is 0.714. The van der Waals surface area contributed by atoms with Crippen LogP contribution < -0.4 is 15.5 Å². The zero-order valence-corrected chi connectivity index (χ0v) is 17.4. The van der Waals surface area contributed by atoms with Crippen LogP contribution in [0.1, 0.15) is 25.7 Å². The van der Waals surface area contributed by atoms with Gasteiger partial charge in [-0.2, -0.15) is 0 Å². The van der Waals surface area contributed by atoms with Crippen LogP contribution in [0.25, 0.3) is 0 Å². The van der Waals surface area contributed by atoms with Gasteiger partial charge in [0.15, 0.2) is 5.96 Å². The van der Waals surface area contributed by atoms with Crippen LogP contribution in [0, 0.1) is 5.92 Å². The molecule has 0 amide bonds. The van der Waals surface area contributed by atoms with Gasteiger partial charge in [0.05, 0.1) is 6.61 Å². The second kappa shape index (κ2) is 11.2. The number of ether oxygens (including phenoxy) is 1. The van der Waals surface area contributed by atoms with Gasteiger partial charge in [0.2, 0.25) is 0 Å². The van der Waals surface area contributed by atoms with E-state index in [4.69, 9.17) is 4.74 Å². The van der Waals surface area contributed by atoms with Gasteiger partial charge >= 0.3 is 0 Å². The quantitative estimate of drug-likeness (QED) is 0.546. The first-order valence-electron chi connectivity index (χ1n) is 10.6. The van der Waals surface area contributed by atoms with Crippen LogP contribution in [0.5, 0.6) is 0 Å². The summed E-state index contributed by atoms with van der Waals surface area (Å²) < 4.78 is 5.18. The Balaban J connectivity index is 1.34. The van der Waals surface area contributed by atoms with E-state index in [1.165, 1.54) is 25.9 Å². The van der Waals surface area contributed by atoms with E-state index >= 15 is 0 Å². The Hall–Kier alpha value is -1.86. The maximum Gasteiger partial charge on any atom is 0.191 e. The standard InChI is InChI=1S/C21H36N6O/c1-22-21(24-17-18-6-11-26(12-7-18)15-16-28-2)25-19-8-13-27(14-9-19)20-5-3-4-10-23-20/h3-5,10,18-19H,6-9,11-17H2,1-2H3,(H2,22,24,25). The zero-order chi connectivity index (χ0) is 19.6. The van der Waals surface area contributed by atoms with E-state index in [2.05, 4.69) is 42.5 Å². The highest BCUT2D eigenvalue weighted by Crippen LogP contribution is 2.18. The smallest absolute Gasteiger partial charge is 0.191 e. The minimum absolute atomic E-state index is 0.474. The molecule has 28 heavy (non-hydrogen) atoms. The van der Waals surface area contributed by atoms with Crippen LogP contribution >= 0.6 is 0 Å². The third kappa shape index (κ3) is 6.34. The summed E-state index contributed by atoms with van der Waals surface area (Å²) in [7, 11) is 3.64. The second-order valence-corrected chi connectivity index (χ2v) is 7.82. The molecule has 156 valence electrons. The molecule has 1 aromatic rings. The number of hydrogen-bond acceptors (Lipinski definition) is 5. The molecule has 2 saturated heterocycles. The second-order valence-electron chi connectivity index (χ2n) is 7.82. The van der Waals surface area contributed by atoms with Gasteiger partial charge in [-0.05, 0) is 56.8 Å². The van der Waals surface area contributed by atoms with Crippen molar-refractivity contribution >= 4 is 11.8 Å². The van der Waals surface area contributed by atoms with Gasteiger partial charge < -0.3 is 25.2 Å². The van der Waals surface area contributed by atoms with Crippen molar-refractivity contribution in [3.05, 3.63) is 24.4 Å². The molecule has 2 aliphatic heterocycles. The summed E-state index contributed by atoms with van der Waals surface area (Å²) in [5, 5.41) is 7.18. The summed E-state index contributed by atoms with van der Waals surface area (Å²) >= 11 is 0. The number of piperidine rings is 2. The van der Waals surface area contributed by atoms with Crippen molar-refractivity contribution in [2.75, 3.05) is 64.9 Å². The molecule has 0 saturated carbocycles. The highest BCUT2D eigenvalue weighted by Gasteiger charge is 2.22. The van der Waals surface area contributed by atoms with Crippen LogP contribution in [-0.4, -0.2) is 81.9 Å². The van der Waals surface area contributed by atoms with Gasteiger partial charge in [-0.15, -0.1) is 0 Å². The molecule has 0 spiro atoms. The molecule has 1 aromatic heterocycles. The minimum atomic E-state index is 0.474. The molecule has 3 heterocycles. The number of guanidine groups is 1. The molecule has 0 aliphatic carbocycles. The first kappa shape index (κ1) is 20.9. The summed E-state index contributed by atoms with van der Waals surface area (Å²) in [4.78, 5) is 13.8. The lowest BCUT2D eigenvalue weighted by Gasteiger charge is -2.34. The van der Waals surface area contributed by atoms with Crippen LogP contribution in [0.2, 0.25) is 0 Å². The van der Waals surface area contributed by atoms with E-state index in [0.717, 1.165) is 63.3 Å². The van der Waals surface area contributed by atoms with Crippen LogP contribution in [-0.2, 0) is 4.74 Å². The summed E-state index contributed by atoms with van der Waals surface area (Å²) in [6.07, 6.45) is 6.57. The van der Waals surface area contributed by atoms with Crippen LogP contribution in [0.4, 0.5) is 5.82 Å². The number of rotatable bonds is 7. The lowest BCUT2D eigenvalue weighted by atomic mass is 9.97. The number of hydrogen-bond donors (Lipinski definition) is 2. The highest BCUT2D eigenvalue weighted by atomic mass is 16.5. The molecule has 0 unspecified atom stereocenters. The number of methoxy groups -OCH3 is 1. The average molecular weight is 389 g/mol. The Morgan fingerprint density at radius 3 is 2.61 bits per heavy atom. The molecule has 7 heteroatoms. The lowest BCUT2D eigenvalue weighted by Crippen LogP contribution is -2.50. The normalized spacial score (nSPS) is 20.4. The molecule has 0 radical (unpaired) electrons. The van der Waals surface area contributed by atoms with E-state index in [0.29, 0.717) is 6.04 Å². The number of nitrogens with one attached hydrogen (secondary N) is 2. The zero-order valence-electron chi connectivity index (χ0n) is 17.4. The Bertz CT molecular complexity index is 580. The Morgan fingerprint density at radius 1 is 1.18 bits per heavy atom. The first-order valence-corrected chi connectivity index (χ1v) is 10.6. The number of anilines is 1. The van der Waals surface area contributed by atoms with Gasteiger partial charge in [-0.25, -0.2) is 4.98 Å². The molecule has 7 nitrogen and oxygen atoms in total. The Labute approximate surface area is 169 Å². The molecule has 2 aliphatic rings. The number of nitrogens with zero attached hydrogens (tertiary/aromatic N) is 4. The summed E-state index contributed by atoms with van der Waals surface area (Å²) in [5.74, 6) is 2.75. The molecular weight excluding hydrogens is 352 g/mol. The maximum absolute atomic E-state index is 5.18. The SMILES string of the molecule is CN=C(NCC1CCN(CCOC)CC1)NC1CCN(c2ccccn2)CC1. The number of likely N-dealkylation sites (tertiary alicyclic amines) is 1. The highest BCUT2D eigenvalue weighted by molar-refractivity contribution is 5.80. The Morgan fingerprint density at radius 2 is 1.96 bits per heavy atom. The summed E-state index contributed by atoms with van der Waals surface area (Å²) in [5.41, 5.74) is 0.